The van der Waals surface area contributed by atoms with Crippen molar-refractivity contribution in [1.82, 2.24) is 15.5 Å². The van der Waals surface area contributed by atoms with Crippen LogP contribution in [0.2, 0.25) is 5.02 Å². The number of hydrogen-bond donors (Lipinski definition) is 2. The largest absolute Gasteiger partial charge is 0.466 e. The Morgan fingerprint density at radius 2 is 2.08 bits per heavy atom. The zero-order valence-electron chi connectivity index (χ0n) is 14.2. The van der Waals surface area contributed by atoms with Gasteiger partial charge in [-0.15, -0.1) is 0 Å². The first-order valence-electron chi connectivity index (χ1n) is 8.45. The van der Waals surface area contributed by atoms with Crippen molar-refractivity contribution in [2.45, 2.75) is 25.3 Å². The average molecular weight is 364 g/mol. The summed E-state index contributed by atoms with van der Waals surface area (Å²) in [5.74, 6) is -0.454. The molecule has 0 aliphatic carbocycles. The standard InChI is InChI=1S/C18H22ClN3O3/c1-25-17(23)15-14(11-22-8-3-2-4-9-22)20-18(24)21-16(15)12-6-5-7-13(19)10-12/h5-7,10,16H,2-4,8-9,11H2,1H3,(H2,20,21,24)/t16-/m0/s1. The zero-order chi connectivity index (χ0) is 17.8. The molecule has 1 aromatic carbocycles. The lowest BCUT2D eigenvalue weighted by atomic mass is 9.94. The van der Waals surface area contributed by atoms with Crippen molar-refractivity contribution in [3.8, 4) is 0 Å². The SMILES string of the molecule is COC(=O)C1=C(CN2CCCCC2)NC(=O)N[C@H]1c1cccc(Cl)c1. The first-order valence-corrected chi connectivity index (χ1v) is 8.83. The van der Waals surface area contributed by atoms with Gasteiger partial charge in [0.2, 0.25) is 0 Å². The number of nitrogens with zero attached hydrogens (tertiary/aromatic N) is 1. The van der Waals surface area contributed by atoms with E-state index >= 15 is 0 Å². The van der Waals surface area contributed by atoms with Crippen molar-refractivity contribution >= 4 is 23.6 Å². The third-order valence-corrected chi connectivity index (χ3v) is 4.81. The van der Waals surface area contributed by atoms with E-state index in [1.165, 1.54) is 13.5 Å². The van der Waals surface area contributed by atoms with Crippen molar-refractivity contribution in [3.63, 3.8) is 0 Å². The molecule has 0 unspecified atom stereocenters. The maximum Gasteiger partial charge on any atom is 0.338 e. The van der Waals surface area contributed by atoms with Gasteiger partial charge in [0.15, 0.2) is 0 Å². The Morgan fingerprint density at radius 3 is 2.76 bits per heavy atom. The molecule has 2 aliphatic heterocycles. The van der Waals surface area contributed by atoms with Gasteiger partial charge in [-0.2, -0.15) is 0 Å². The molecule has 1 fully saturated rings. The van der Waals surface area contributed by atoms with Crippen LogP contribution < -0.4 is 10.6 Å². The van der Waals surface area contributed by atoms with Crippen LogP contribution in [0.15, 0.2) is 35.5 Å². The second-order valence-corrected chi connectivity index (χ2v) is 6.74. The van der Waals surface area contributed by atoms with Gasteiger partial charge in [0.05, 0.1) is 18.7 Å². The Balaban J connectivity index is 1.98. The molecular weight excluding hydrogens is 342 g/mol. The summed E-state index contributed by atoms with van der Waals surface area (Å²) in [5, 5.41) is 6.15. The molecule has 1 saturated heterocycles. The number of carbonyl (C=O) groups excluding carboxylic acids is 2. The van der Waals surface area contributed by atoms with E-state index in [0.29, 0.717) is 22.8 Å². The van der Waals surface area contributed by atoms with Crippen molar-refractivity contribution in [3.05, 3.63) is 46.1 Å². The summed E-state index contributed by atoms with van der Waals surface area (Å²) in [7, 11) is 1.35. The number of nitrogens with one attached hydrogen (secondary N) is 2. The smallest absolute Gasteiger partial charge is 0.338 e. The monoisotopic (exact) mass is 363 g/mol. The molecule has 6 nitrogen and oxygen atoms in total. The number of hydrogen-bond acceptors (Lipinski definition) is 4. The molecule has 7 heteroatoms. The predicted octanol–water partition coefficient (Wildman–Crippen LogP) is 2.61. The van der Waals surface area contributed by atoms with Crippen LogP contribution in [0.4, 0.5) is 4.79 Å². The van der Waals surface area contributed by atoms with Crippen molar-refractivity contribution in [2.24, 2.45) is 0 Å². The van der Waals surface area contributed by atoms with Crippen LogP contribution in [0.25, 0.3) is 0 Å². The van der Waals surface area contributed by atoms with Crippen molar-refractivity contribution < 1.29 is 14.3 Å². The summed E-state index contributed by atoms with van der Waals surface area (Å²) in [5.41, 5.74) is 1.77. The number of methoxy groups -OCH3 is 1. The molecule has 0 bridgehead atoms. The van der Waals surface area contributed by atoms with E-state index < -0.39 is 12.0 Å². The van der Waals surface area contributed by atoms with Crippen LogP contribution in [0.1, 0.15) is 30.9 Å². The number of likely N-dealkylation sites (tertiary alicyclic amines) is 1. The Kier molecular flexibility index (Phi) is 5.60. The number of piperidine rings is 1. The van der Waals surface area contributed by atoms with Gasteiger partial charge in [0, 0.05) is 17.3 Å². The highest BCUT2D eigenvalue weighted by atomic mass is 35.5. The number of amides is 2. The fourth-order valence-electron chi connectivity index (χ4n) is 3.37. The third kappa shape index (κ3) is 4.14. The van der Waals surface area contributed by atoms with Gasteiger partial charge in [-0.3, -0.25) is 4.90 Å². The van der Waals surface area contributed by atoms with E-state index in [1.807, 2.05) is 6.07 Å². The van der Waals surface area contributed by atoms with Crippen LogP contribution in [-0.4, -0.2) is 43.6 Å². The van der Waals surface area contributed by atoms with Gasteiger partial charge in [0.1, 0.15) is 0 Å². The molecule has 2 aliphatic rings. The van der Waals surface area contributed by atoms with Gasteiger partial charge in [-0.05, 0) is 43.6 Å². The first-order chi connectivity index (χ1) is 12.1. The van der Waals surface area contributed by atoms with E-state index in [4.69, 9.17) is 16.3 Å². The summed E-state index contributed by atoms with van der Waals surface area (Å²) in [6, 6.07) is 6.22. The topological polar surface area (TPSA) is 70.7 Å². The van der Waals surface area contributed by atoms with E-state index in [1.54, 1.807) is 18.2 Å². The van der Waals surface area contributed by atoms with Gasteiger partial charge in [0.25, 0.3) is 0 Å². The van der Waals surface area contributed by atoms with E-state index in [-0.39, 0.29) is 6.03 Å². The predicted molar refractivity (Wildman–Crippen MR) is 95.2 cm³/mol. The maximum atomic E-state index is 12.5. The number of carbonyl (C=O) groups is 2. The molecule has 134 valence electrons. The number of ether oxygens (including phenoxy) is 1. The number of halogens is 1. The molecule has 0 spiro atoms. The van der Waals surface area contributed by atoms with Gasteiger partial charge < -0.3 is 15.4 Å². The fraction of sp³-hybridized carbons (Fsp3) is 0.444. The van der Waals surface area contributed by atoms with Crippen LogP contribution in [0, 0.1) is 0 Å². The van der Waals surface area contributed by atoms with Crippen LogP contribution in [0.5, 0.6) is 0 Å². The highest BCUT2D eigenvalue weighted by Crippen LogP contribution is 2.29. The highest BCUT2D eigenvalue weighted by Gasteiger charge is 2.34. The number of esters is 1. The lowest BCUT2D eigenvalue weighted by Crippen LogP contribution is -2.48. The quantitative estimate of drug-likeness (QED) is 0.807. The minimum Gasteiger partial charge on any atom is -0.466 e. The molecule has 1 aromatic rings. The summed E-state index contributed by atoms with van der Waals surface area (Å²) in [6.45, 7) is 2.45. The zero-order valence-corrected chi connectivity index (χ0v) is 14.9. The van der Waals surface area contributed by atoms with Gasteiger partial charge in [-0.1, -0.05) is 30.2 Å². The molecule has 2 heterocycles. The molecule has 3 rings (SSSR count). The molecule has 0 aromatic heterocycles. The molecule has 0 saturated carbocycles. The lowest BCUT2D eigenvalue weighted by molar-refractivity contribution is -0.136. The third-order valence-electron chi connectivity index (χ3n) is 4.57. The number of benzene rings is 1. The fourth-order valence-corrected chi connectivity index (χ4v) is 3.57. The summed E-state index contributed by atoms with van der Waals surface area (Å²) in [6.07, 6.45) is 3.48. The minimum atomic E-state index is -0.584. The van der Waals surface area contributed by atoms with Gasteiger partial charge in [-0.25, -0.2) is 9.59 Å². The Hall–Kier alpha value is -2.05. The van der Waals surface area contributed by atoms with E-state index in [0.717, 1.165) is 31.5 Å². The highest BCUT2D eigenvalue weighted by molar-refractivity contribution is 6.30. The average Bonchev–Trinajstić information content (AvgIpc) is 2.61. The summed E-state index contributed by atoms with van der Waals surface area (Å²) in [4.78, 5) is 26.9. The Labute approximate surface area is 152 Å². The molecule has 2 amide bonds. The van der Waals surface area contributed by atoms with Crippen LogP contribution in [0.3, 0.4) is 0 Å². The Morgan fingerprint density at radius 1 is 1.32 bits per heavy atom. The molecule has 25 heavy (non-hydrogen) atoms. The molecule has 0 radical (unpaired) electrons. The number of urea groups is 1. The lowest BCUT2D eigenvalue weighted by Gasteiger charge is -2.33. The summed E-state index contributed by atoms with van der Waals surface area (Å²) >= 11 is 6.08. The second kappa shape index (κ2) is 7.89. The normalized spacial score (nSPS) is 21.5. The Bertz CT molecular complexity index is 699. The molecule has 1 atom stereocenters. The minimum absolute atomic E-state index is 0.329. The summed E-state index contributed by atoms with van der Waals surface area (Å²) < 4.78 is 4.99. The van der Waals surface area contributed by atoms with Crippen molar-refractivity contribution in [1.29, 1.82) is 0 Å². The van der Waals surface area contributed by atoms with Crippen molar-refractivity contribution in [2.75, 3.05) is 26.7 Å². The van der Waals surface area contributed by atoms with Gasteiger partial charge >= 0.3 is 12.0 Å². The molecule has 2 N–H and O–H groups in total. The van der Waals surface area contributed by atoms with E-state index in [2.05, 4.69) is 15.5 Å². The van der Waals surface area contributed by atoms with Crippen LogP contribution >= 0.6 is 11.6 Å². The first kappa shape index (κ1) is 17.8. The molecular formula is C18H22ClN3O3. The second-order valence-electron chi connectivity index (χ2n) is 6.31. The van der Waals surface area contributed by atoms with Crippen LogP contribution in [-0.2, 0) is 9.53 Å². The van der Waals surface area contributed by atoms with E-state index in [9.17, 15) is 9.59 Å². The maximum absolute atomic E-state index is 12.5. The number of rotatable bonds is 4.